The van der Waals surface area contributed by atoms with Crippen molar-refractivity contribution in [1.29, 1.82) is 0 Å². The molecular weight excluding hydrogens is 402 g/mol. The lowest BCUT2D eigenvalue weighted by Gasteiger charge is -2.40. The molecule has 1 aliphatic heterocycles. The minimum Gasteiger partial charge on any atom is -0.353 e. The van der Waals surface area contributed by atoms with Gasteiger partial charge in [-0.3, -0.25) is 13.2 Å². The SMILES string of the molecule is CO[C@H]1OC[C@@H](NC(=O)c2ccccc2)[C@@H](OS(C)(=O)=O)[C@@H]1OS(C)(=O)=O. The van der Waals surface area contributed by atoms with Crippen LogP contribution in [0.5, 0.6) is 0 Å². The number of nitrogens with one attached hydrogen (secondary N) is 1. The standard InChI is InChI=1S/C15H21NO9S2/c1-22-15-13(25-27(3,20)21)12(24-26(2,18)19)11(9-23-15)16-14(17)10-7-5-4-6-8-10/h4-8,11-13,15H,9H2,1-3H3,(H,16,17)/t11-,12-,13+,15+/m1/s1. The average molecular weight is 423 g/mol. The number of rotatable bonds is 7. The fourth-order valence-electron chi connectivity index (χ4n) is 2.56. The predicted molar refractivity (Wildman–Crippen MR) is 93.9 cm³/mol. The lowest BCUT2D eigenvalue weighted by atomic mass is 10.0. The summed E-state index contributed by atoms with van der Waals surface area (Å²) in [6.07, 6.45) is -2.45. The molecule has 12 heteroatoms. The smallest absolute Gasteiger partial charge is 0.264 e. The van der Waals surface area contributed by atoms with Gasteiger partial charge in [0, 0.05) is 12.7 Å². The molecule has 0 bridgehead atoms. The van der Waals surface area contributed by atoms with Crippen LogP contribution in [0.2, 0.25) is 0 Å². The third-order valence-electron chi connectivity index (χ3n) is 3.59. The number of carbonyl (C=O) groups excluding carboxylic acids is 1. The van der Waals surface area contributed by atoms with Gasteiger partial charge in [-0.2, -0.15) is 16.8 Å². The summed E-state index contributed by atoms with van der Waals surface area (Å²) in [6, 6.07) is 7.17. The van der Waals surface area contributed by atoms with Crippen LogP contribution in [-0.4, -0.2) is 73.5 Å². The largest absolute Gasteiger partial charge is 0.353 e. The average Bonchev–Trinajstić information content (AvgIpc) is 2.56. The maximum absolute atomic E-state index is 12.4. The zero-order valence-corrected chi connectivity index (χ0v) is 16.5. The second-order valence-corrected chi connectivity index (χ2v) is 9.11. The fraction of sp³-hybridized carbons (Fsp3) is 0.533. The fourth-order valence-corrected chi connectivity index (χ4v) is 3.82. The van der Waals surface area contributed by atoms with Crippen molar-refractivity contribution in [2.24, 2.45) is 0 Å². The zero-order valence-electron chi connectivity index (χ0n) is 14.9. The molecule has 1 aromatic rings. The van der Waals surface area contributed by atoms with Crippen molar-refractivity contribution >= 4 is 26.1 Å². The number of hydrogen-bond acceptors (Lipinski definition) is 9. The van der Waals surface area contributed by atoms with E-state index in [0.717, 1.165) is 12.5 Å². The Bertz CT molecular complexity index is 855. The van der Waals surface area contributed by atoms with Crippen molar-refractivity contribution in [3.8, 4) is 0 Å². The molecule has 27 heavy (non-hydrogen) atoms. The second-order valence-electron chi connectivity index (χ2n) is 5.91. The van der Waals surface area contributed by atoms with E-state index in [1.807, 2.05) is 0 Å². The molecule has 1 amide bonds. The van der Waals surface area contributed by atoms with Crippen LogP contribution in [0.15, 0.2) is 30.3 Å². The van der Waals surface area contributed by atoms with E-state index in [4.69, 9.17) is 17.8 Å². The highest BCUT2D eigenvalue weighted by Gasteiger charge is 2.46. The van der Waals surface area contributed by atoms with E-state index in [0.29, 0.717) is 5.56 Å². The normalized spacial score (nSPS) is 26.5. The first kappa shape index (κ1) is 21.7. The van der Waals surface area contributed by atoms with E-state index in [9.17, 15) is 21.6 Å². The first-order chi connectivity index (χ1) is 12.5. The number of methoxy groups -OCH3 is 1. The summed E-state index contributed by atoms with van der Waals surface area (Å²) in [4.78, 5) is 12.4. The van der Waals surface area contributed by atoms with Gasteiger partial charge in [-0.05, 0) is 12.1 Å². The number of hydrogen-bond donors (Lipinski definition) is 1. The molecule has 0 aliphatic carbocycles. The van der Waals surface area contributed by atoms with Crippen LogP contribution in [0.25, 0.3) is 0 Å². The van der Waals surface area contributed by atoms with Crippen molar-refractivity contribution < 1.29 is 39.5 Å². The lowest BCUT2D eigenvalue weighted by Crippen LogP contribution is -2.62. The highest BCUT2D eigenvalue weighted by molar-refractivity contribution is 7.86. The molecular formula is C15H21NO9S2. The Morgan fingerprint density at radius 3 is 2.11 bits per heavy atom. The minimum absolute atomic E-state index is 0.180. The maximum atomic E-state index is 12.4. The molecule has 4 atom stereocenters. The van der Waals surface area contributed by atoms with Gasteiger partial charge < -0.3 is 14.8 Å². The number of ether oxygens (including phenoxy) is 2. The molecule has 1 heterocycles. The molecule has 2 rings (SSSR count). The summed E-state index contributed by atoms with van der Waals surface area (Å²) in [6.45, 7) is -0.180. The Morgan fingerprint density at radius 2 is 1.59 bits per heavy atom. The molecule has 10 nitrogen and oxygen atoms in total. The van der Waals surface area contributed by atoms with Crippen LogP contribution in [0.1, 0.15) is 10.4 Å². The summed E-state index contributed by atoms with van der Waals surface area (Å²) in [5, 5.41) is 2.58. The van der Waals surface area contributed by atoms with E-state index >= 15 is 0 Å². The quantitative estimate of drug-likeness (QED) is 0.575. The minimum atomic E-state index is -4.01. The molecule has 1 fully saturated rings. The van der Waals surface area contributed by atoms with Gasteiger partial charge in [-0.1, -0.05) is 18.2 Å². The molecule has 0 unspecified atom stereocenters. The number of carbonyl (C=O) groups is 1. The van der Waals surface area contributed by atoms with Crippen molar-refractivity contribution in [2.45, 2.75) is 24.5 Å². The Morgan fingerprint density at radius 1 is 1.04 bits per heavy atom. The van der Waals surface area contributed by atoms with Crippen LogP contribution in [0.3, 0.4) is 0 Å². The van der Waals surface area contributed by atoms with Crippen molar-refractivity contribution in [3.63, 3.8) is 0 Å². The summed E-state index contributed by atoms with van der Waals surface area (Å²) in [5.74, 6) is -0.514. The van der Waals surface area contributed by atoms with Crippen molar-refractivity contribution in [2.75, 3.05) is 26.2 Å². The highest BCUT2D eigenvalue weighted by Crippen LogP contribution is 2.25. The molecule has 0 aromatic heterocycles. The Kier molecular flexibility index (Phi) is 6.94. The van der Waals surface area contributed by atoms with E-state index in [-0.39, 0.29) is 6.61 Å². The molecule has 1 aromatic carbocycles. The van der Waals surface area contributed by atoms with Gasteiger partial charge in [0.1, 0.15) is 6.10 Å². The highest BCUT2D eigenvalue weighted by atomic mass is 32.2. The second kappa shape index (κ2) is 8.63. The van der Waals surface area contributed by atoms with E-state index in [1.165, 1.54) is 7.11 Å². The van der Waals surface area contributed by atoms with Gasteiger partial charge in [0.15, 0.2) is 12.4 Å². The van der Waals surface area contributed by atoms with E-state index < -0.39 is 50.7 Å². The maximum Gasteiger partial charge on any atom is 0.264 e. The molecule has 1 saturated heterocycles. The first-order valence-corrected chi connectivity index (χ1v) is 11.4. The van der Waals surface area contributed by atoms with Gasteiger partial charge in [0.25, 0.3) is 26.1 Å². The van der Waals surface area contributed by atoms with Gasteiger partial charge in [0.2, 0.25) is 0 Å². The van der Waals surface area contributed by atoms with E-state index in [1.54, 1.807) is 30.3 Å². The molecule has 0 spiro atoms. The van der Waals surface area contributed by atoms with Crippen LogP contribution in [-0.2, 0) is 38.1 Å². The molecule has 0 saturated carbocycles. The monoisotopic (exact) mass is 423 g/mol. The third kappa shape index (κ3) is 6.52. The van der Waals surface area contributed by atoms with Crippen molar-refractivity contribution in [3.05, 3.63) is 35.9 Å². The lowest BCUT2D eigenvalue weighted by molar-refractivity contribution is -0.226. The van der Waals surface area contributed by atoms with Crippen molar-refractivity contribution in [1.82, 2.24) is 5.32 Å². The molecule has 152 valence electrons. The first-order valence-electron chi connectivity index (χ1n) is 7.77. The Labute approximate surface area is 158 Å². The zero-order chi connectivity index (χ0) is 20.2. The third-order valence-corrected chi connectivity index (χ3v) is 4.73. The Hall–Kier alpha value is -1.57. The topological polar surface area (TPSA) is 134 Å². The van der Waals surface area contributed by atoms with Crippen LogP contribution in [0.4, 0.5) is 0 Å². The van der Waals surface area contributed by atoms with Gasteiger partial charge >= 0.3 is 0 Å². The summed E-state index contributed by atoms with van der Waals surface area (Å²) in [5.41, 5.74) is 0.324. The molecule has 1 aliphatic rings. The number of amides is 1. The van der Waals surface area contributed by atoms with Gasteiger partial charge in [-0.15, -0.1) is 0 Å². The summed E-state index contributed by atoms with van der Waals surface area (Å²) >= 11 is 0. The van der Waals surface area contributed by atoms with Crippen LogP contribution < -0.4 is 5.32 Å². The van der Waals surface area contributed by atoms with Gasteiger partial charge in [0.05, 0.1) is 25.2 Å². The molecule has 1 N–H and O–H groups in total. The van der Waals surface area contributed by atoms with Crippen LogP contribution >= 0.6 is 0 Å². The molecule has 0 radical (unpaired) electrons. The Balaban J connectivity index is 2.32. The van der Waals surface area contributed by atoms with E-state index in [2.05, 4.69) is 5.32 Å². The number of benzene rings is 1. The van der Waals surface area contributed by atoms with Crippen LogP contribution in [0, 0.1) is 0 Å². The summed E-state index contributed by atoms with van der Waals surface area (Å²) < 4.78 is 66.9. The predicted octanol–water partition coefficient (Wildman–Crippen LogP) is -0.523. The van der Waals surface area contributed by atoms with Gasteiger partial charge in [-0.25, -0.2) is 0 Å². The summed E-state index contributed by atoms with van der Waals surface area (Å²) in [7, 11) is -6.78.